The number of carbonyl (C=O) groups excluding carboxylic acids is 1. The minimum absolute atomic E-state index is 0.0122. The molecule has 0 bridgehead atoms. The maximum atomic E-state index is 12.1. The van der Waals surface area contributed by atoms with Gasteiger partial charge in [0.2, 0.25) is 5.91 Å². The number of hydrogen-bond donors (Lipinski definition) is 2. The van der Waals surface area contributed by atoms with Gasteiger partial charge in [0.25, 0.3) is 0 Å². The molecule has 5 nitrogen and oxygen atoms in total. The lowest BCUT2D eigenvalue weighted by molar-refractivity contribution is -0.126. The average Bonchev–Trinajstić information content (AvgIpc) is 2.54. The summed E-state index contributed by atoms with van der Waals surface area (Å²) < 4.78 is 5.03. The zero-order valence-corrected chi connectivity index (χ0v) is 14.1. The van der Waals surface area contributed by atoms with Crippen LogP contribution < -0.4 is 5.32 Å². The molecule has 5 heteroatoms. The number of aliphatic hydroxyl groups is 1. The van der Waals surface area contributed by atoms with E-state index in [0.717, 1.165) is 51.6 Å². The molecule has 0 aromatic carbocycles. The number of aliphatic hydroxyl groups excluding tert-OH is 1. The summed E-state index contributed by atoms with van der Waals surface area (Å²) in [6, 6.07) is 0.625. The average molecular weight is 312 g/mol. The predicted molar refractivity (Wildman–Crippen MR) is 86.7 cm³/mol. The van der Waals surface area contributed by atoms with E-state index in [-0.39, 0.29) is 24.0 Å². The highest BCUT2D eigenvalue weighted by molar-refractivity contribution is 5.78. The minimum Gasteiger partial charge on any atom is -0.391 e. The van der Waals surface area contributed by atoms with Crippen LogP contribution in [-0.4, -0.2) is 60.9 Å². The number of rotatable bonds is 6. The van der Waals surface area contributed by atoms with Gasteiger partial charge in [0, 0.05) is 44.8 Å². The van der Waals surface area contributed by atoms with E-state index in [0.29, 0.717) is 12.6 Å². The lowest BCUT2D eigenvalue weighted by atomic mass is 9.89. The van der Waals surface area contributed by atoms with Crippen molar-refractivity contribution in [3.63, 3.8) is 0 Å². The van der Waals surface area contributed by atoms with Gasteiger partial charge in [-0.3, -0.25) is 9.69 Å². The van der Waals surface area contributed by atoms with E-state index in [1.807, 2.05) is 6.92 Å². The molecule has 0 aromatic rings. The number of hydrogen-bond acceptors (Lipinski definition) is 4. The molecule has 3 atom stereocenters. The van der Waals surface area contributed by atoms with Gasteiger partial charge in [-0.2, -0.15) is 0 Å². The predicted octanol–water partition coefficient (Wildman–Crippen LogP) is 1.54. The van der Waals surface area contributed by atoms with Gasteiger partial charge in [-0.25, -0.2) is 0 Å². The Morgan fingerprint density at radius 3 is 2.59 bits per heavy atom. The van der Waals surface area contributed by atoms with Crippen molar-refractivity contribution < 1.29 is 14.6 Å². The first kappa shape index (κ1) is 17.7. The number of methoxy groups -OCH3 is 1. The molecular formula is C17H32N2O3. The molecule has 1 amide bonds. The van der Waals surface area contributed by atoms with Crippen LogP contribution in [0, 0.1) is 5.92 Å². The van der Waals surface area contributed by atoms with E-state index in [4.69, 9.17) is 4.74 Å². The molecule has 2 N–H and O–H groups in total. The number of nitrogens with zero attached hydrogens (tertiary/aromatic N) is 1. The van der Waals surface area contributed by atoms with E-state index in [1.54, 1.807) is 7.11 Å². The molecule has 1 aliphatic heterocycles. The van der Waals surface area contributed by atoms with Crippen LogP contribution in [0.1, 0.15) is 51.9 Å². The molecule has 0 spiro atoms. The Morgan fingerprint density at radius 1 is 1.27 bits per heavy atom. The van der Waals surface area contributed by atoms with E-state index >= 15 is 0 Å². The topological polar surface area (TPSA) is 61.8 Å². The SMILES string of the molecule is COCCC(C)C(=O)NC1CCN(C2CCCCC2O)CC1. The highest BCUT2D eigenvalue weighted by Crippen LogP contribution is 2.26. The second kappa shape index (κ2) is 8.85. The van der Waals surface area contributed by atoms with Crippen LogP contribution >= 0.6 is 0 Å². The Labute approximate surface area is 134 Å². The maximum absolute atomic E-state index is 12.1. The van der Waals surface area contributed by atoms with Gasteiger partial charge in [0.05, 0.1) is 6.10 Å². The summed E-state index contributed by atoms with van der Waals surface area (Å²) in [5.41, 5.74) is 0. The van der Waals surface area contributed by atoms with E-state index in [9.17, 15) is 9.90 Å². The van der Waals surface area contributed by atoms with Crippen molar-refractivity contribution in [3.8, 4) is 0 Å². The van der Waals surface area contributed by atoms with Crippen molar-refractivity contribution in [2.75, 3.05) is 26.8 Å². The maximum Gasteiger partial charge on any atom is 0.223 e. The lowest BCUT2D eigenvalue weighted by Gasteiger charge is -2.41. The summed E-state index contributed by atoms with van der Waals surface area (Å²) in [4.78, 5) is 14.6. The number of amides is 1. The fraction of sp³-hybridized carbons (Fsp3) is 0.941. The molecule has 1 saturated heterocycles. The fourth-order valence-electron chi connectivity index (χ4n) is 3.66. The lowest BCUT2D eigenvalue weighted by Crippen LogP contribution is -2.52. The van der Waals surface area contributed by atoms with Crippen molar-refractivity contribution in [2.45, 2.75) is 70.1 Å². The first-order valence-corrected chi connectivity index (χ1v) is 8.83. The van der Waals surface area contributed by atoms with Crippen LogP contribution in [0.15, 0.2) is 0 Å². The monoisotopic (exact) mass is 312 g/mol. The van der Waals surface area contributed by atoms with Crippen molar-refractivity contribution >= 4 is 5.91 Å². The van der Waals surface area contributed by atoms with Gasteiger partial charge in [-0.15, -0.1) is 0 Å². The van der Waals surface area contributed by atoms with Gasteiger partial charge < -0.3 is 15.2 Å². The normalized spacial score (nSPS) is 29.2. The Kier molecular flexibility index (Phi) is 7.12. The molecule has 128 valence electrons. The molecule has 2 rings (SSSR count). The Bertz CT molecular complexity index is 343. The molecule has 1 saturated carbocycles. The van der Waals surface area contributed by atoms with Gasteiger partial charge in [0.1, 0.15) is 0 Å². The van der Waals surface area contributed by atoms with Gasteiger partial charge in [0.15, 0.2) is 0 Å². The molecule has 22 heavy (non-hydrogen) atoms. The van der Waals surface area contributed by atoms with Gasteiger partial charge in [-0.05, 0) is 32.1 Å². The van der Waals surface area contributed by atoms with E-state index < -0.39 is 0 Å². The van der Waals surface area contributed by atoms with Crippen LogP contribution in [0.4, 0.5) is 0 Å². The van der Waals surface area contributed by atoms with Crippen molar-refractivity contribution in [3.05, 3.63) is 0 Å². The van der Waals surface area contributed by atoms with Gasteiger partial charge >= 0.3 is 0 Å². The minimum atomic E-state index is -0.158. The van der Waals surface area contributed by atoms with Crippen LogP contribution in [0.5, 0.6) is 0 Å². The molecule has 0 radical (unpaired) electrons. The number of likely N-dealkylation sites (tertiary alicyclic amines) is 1. The molecule has 1 aliphatic carbocycles. The highest BCUT2D eigenvalue weighted by atomic mass is 16.5. The number of piperidine rings is 1. The van der Waals surface area contributed by atoms with Crippen LogP contribution in [0.2, 0.25) is 0 Å². The molecule has 0 aromatic heterocycles. The van der Waals surface area contributed by atoms with E-state index in [2.05, 4.69) is 10.2 Å². The standard InChI is InChI=1S/C17H32N2O3/c1-13(9-12-22-2)17(21)18-14-7-10-19(11-8-14)15-5-3-4-6-16(15)20/h13-16,20H,3-12H2,1-2H3,(H,18,21). The Balaban J connectivity index is 1.71. The summed E-state index contributed by atoms with van der Waals surface area (Å²) in [5.74, 6) is 0.159. The molecule has 3 unspecified atom stereocenters. The van der Waals surface area contributed by atoms with E-state index in [1.165, 1.54) is 6.42 Å². The Hall–Kier alpha value is -0.650. The summed E-state index contributed by atoms with van der Waals surface area (Å²) in [7, 11) is 1.67. The highest BCUT2D eigenvalue weighted by Gasteiger charge is 2.31. The zero-order valence-electron chi connectivity index (χ0n) is 14.1. The third-order valence-corrected chi connectivity index (χ3v) is 5.24. The van der Waals surface area contributed by atoms with Crippen LogP contribution in [-0.2, 0) is 9.53 Å². The molecular weight excluding hydrogens is 280 g/mol. The number of carbonyl (C=O) groups is 1. The van der Waals surface area contributed by atoms with Crippen molar-refractivity contribution in [2.24, 2.45) is 5.92 Å². The quantitative estimate of drug-likeness (QED) is 0.781. The number of ether oxygens (including phenoxy) is 1. The van der Waals surface area contributed by atoms with Crippen LogP contribution in [0.3, 0.4) is 0 Å². The third-order valence-electron chi connectivity index (χ3n) is 5.24. The first-order valence-electron chi connectivity index (χ1n) is 8.83. The number of nitrogens with one attached hydrogen (secondary N) is 1. The fourth-order valence-corrected chi connectivity index (χ4v) is 3.66. The first-order chi connectivity index (χ1) is 10.6. The summed E-state index contributed by atoms with van der Waals surface area (Å²) in [5, 5.41) is 13.3. The summed E-state index contributed by atoms with van der Waals surface area (Å²) in [6.07, 6.45) is 7.05. The second-order valence-corrected chi connectivity index (χ2v) is 6.92. The molecule has 1 heterocycles. The third kappa shape index (κ3) is 4.93. The van der Waals surface area contributed by atoms with Crippen molar-refractivity contribution in [1.82, 2.24) is 10.2 Å². The molecule has 2 fully saturated rings. The van der Waals surface area contributed by atoms with Crippen LogP contribution in [0.25, 0.3) is 0 Å². The smallest absolute Gasteiger partial charge is 0.223 e. The Morgan fingerprint density at radius 2 is 1.95 bits per heavy atom. The zero-order chi connectivity index (χ0) is 15.9. The largest absolute Gasteiger partial charge is 0.391 e. The van der Waals surface area contributed by atoms with Gasteiger partial charge in [-0.1, -0.05) is 19.8 Å². The second-order valence-electron chi connectivity index (χ2n) is 6.92. The summed E-state index contributed by atoms with van der Waals surface area (Å²) >= 11 is 0. The molecule has 2 aliphatic rings. The summed E-state index contributed by atoms with van der Waals surface area (Å²) in [6.45, 7) is 4.56. The van der Waals surface area contributed by atoms with Crippen molar-refractivity contribution in [1.29, 1.82) is 0 Å².